The first kappa shape index (κ1) is 11.9. The van der Waals surface area contributed by atoms with Gasteiger partial charge in [0.05, 0.1) is 0 Å². The van der Waals surface area contributed by atoms with Crippen molar-refractivity contribution in [2.24, 2.45) is 17.8 Å². The van der Waals surface area contributed by atoms with E-state index in [4.69, 9.17) is 10.2 Å². The van der Waals surface area contributed by atoms with Crippen molar-refractivity contribution in [3.63, 3.8) is 0 Å². The van der Waals surface area contributed by atoms with Gasteiger partial charge < -0.3 is 10.2 Å². The molecule has 74 valence electrons. The maximum Gasteiger partial charge on any atom is 0.154 e. The molecule has 2 N–H and O–H groups in total. The summed E-state index contributed by atoms with van der Waals surface area (Å²) in [6.07, 6.45) is 0.830. The SMILES string of the molecule is CC(C)CC[C@@H](C(C)C)C(O)O. The van der Waals surface area contributed by atoms with Gasteiger partial charge in [0.1, 0.15) is 0 Å². The van der Waals surface area contributed by atoms with Crippen molar-refractivity contribution in [3.05, 3.63) is 0 Å². The van der Waals surface area contributed by atoms with Crippen molar-refractivity contribution in [3.8, 4) is 0 Å². The van der Waals surface area contributed by atoms with Crippen LogP contribution in [-0.2, 0) is 0 Å². The van der Waals surface area contributed by atoms with Crippen molar-refractivity contribution in [1.29, 1.82) is 0 Å². The third-order valence-electron chi connectivity index (χ3n) is 2.32. The highest BCUT2D eigenvalue weighted by molar-refractivity contribution is 4.65. The van der Waals surface area contributed by atoms with Gasteiger partial charge in [-0.1, -0.05) is 34.1 Å². The third kappa shape index (κ3) is 4.73. The molecule has 0 aliphatic heterocycles. The Bertz CT molecular complexity index is 100. The van der Waals surface area contributed by atoms with Crippen LogP contribution in [0.15, 0.2) is 0 Å². The first-order chi connectivity index (χ1) is 5.45. The zero-order chi connectivity index (χ0) is 9.72. The Kier molecular flexibility index (Phi) is 5.51. The van der Waals surface area contributed by atoms with E-state index in [0.29, 0.717) is 11.8 Å². The molecule has 0 saturated heterocycles. The highest BCUT2D eigenvalue weighted by atomic mass is 16.5. The summed E-state index contributed by atoms with van der Waals surface area (Å²) in [5.41, 5.74) is 0. The molecular weight excluding hydrogens is 152 g/mol. The van der Waals surface area contributed by atoms with Crippen molar-refractivity contribution in [2.45, 2.75) is 46.8 Å². The molecule has 2 heteroatoms. The monoisotopic (exact) mass is 174 g/mol. The molecule has 12 heavy (non-hydrogen) atoms. The Balaban J connectivity index is 3.80. The van der Waals surface area contributed by atoms with E-state index in [2.05, 4.69) is 13.8 Å². The van der Waals surface area contributed by atoms with Gasteiger partial charge in [0, 0.05) is 5.92 Å². The molecule has 0 heterocycles. The lowest BCUT2D eigenvalue weighted by atomic mass is 9.88. The van der Waals surface area contributed by atoms with E-state index in [1.807, 2.05) is 13.8 Å². The normalized spacial score (nSPS) is 14.8. The lowest BCUT2D eigenvalue weighted by molar-refractivity contribution is -0.0997. The molecule has 0 rings (SSSR count). The van der Waals surface area contributed by atoms with E-state index in [-0.39, 0.29) is 5.92 Å². The van der Waals surface area contributed by atoms with Crippen LogP contribution in [0.2, 0.25) is 0 Å². The lowest BCUT2D eigenvalue weighted by Crippen LogP contribution is -2.25. The molecule has 0 saturated carbocycles. The van der Waals surface area contributed by atoms with Crippen molar-refractivity contribution in [2.75, 3.05) is 0 Å². The molecule has 0 aromatic rings. The summed E-state index contributed by atoms with van der Waals surface area (Å²) in [4.78, 5) is 0. The van der Waals surface area contributed by atoms with Crippen LogP contribution in [0, 0.1) is 17.8 Å². The fourth-order valence-corrected chi connectivity index (χ4v) is 1.35. The number of rotatable bonds is 5. The van der Waals surface area contributed by atoms with Crippen molar-refractivity contribution in [1.82, 2.24) is 0 Å². The Morgan fingerprint density at radius 1 is 0.917 bits per heavy atom. The molecule has 0 radical (unpaired) electrons. The minimum atomic E-state index is -1.15. The Morgan fingerprint density at radius 2 is 1.42 bits per heavy atom. The van der Waals surface area contributed by atoms with E-state index < -0.39 is 6.29 Å². The quantitative estimate of drug-likeness (QED) is 0.626. The predicted molar refractivity (Wildman–Crippen MR) is 50.6 cm³/mol. The van der Waals surface area contributed by atoms with Gasteiger partial charge in [-0.25, -0.2) is 0 Å². The van der Waals surface area contributed by atoms with Gasteiger partial charge >= 0.3 is 0 Å². The first-order valence-electron chi connectivity index (χ1n) is 4.81. The van der Waals surface area contributed by atoms with Crippen LogP contribution < -0.4 is 0 Å². The van der Waals surface area contributed by atoms with Crippen LogP contribution in [-0.4, -0.2) is 16.5 Å². The zero-order valence-electron chi connectivity index (χ0n) is 8.62. The van der Waals surface area contributed by atoms with Crippen LogP contribution in [0.4, 0.5) is 0 Å². The third-order valence-corrected chi connectivity index (χ3v) is 2.32. The standard InChI is InChI=1S/C10H22O2/c1-7(2)5-6-9(8(3)4)10(11)12/h7-12H,5-6H2,1-4H3/t9-/m0/s1. The smallest absolute Gasteiger partial charge is 0.154 e. The summed E-state index contributed by atoms with van der Waals surface area (Å²) in [7, 11) is 0. The van der Waals surface area contributed by atoms with E-state index in [1.165, 1.54) is 0 Å². The largest absolute Gasteiger partial charge is 0.368 e. The number of hydrogen-bond acceptors (Lipinski definition) is 2. The fraction of sp³-hybridized carbons (Fsp3) is 1.00. The molecule has 0 aromatic carbocycles. The van der Waals surface area contributed by atoms with Gasteiger partial charge in [0.15, 0.2) is 6.29 Å². The van der Waals surface area contributed by atoms with Crippen molar-refractivity contribution < 1.29 is 10.2 Å². The molecule has 0 spiro atoms. The summed E-state index contributed by atoms with van der Waals surface area (Å²) in [5.74, 6) is 1.03. The maximum absolute atomic E-state index is 9.05. The molecule has 0 fully saturated rings. The summed E-state index contributed by atoms with van der Waals surface area (Å²) in [6, 6.07) is 0. The van der Waals surface area contributed by atoms with Crippen LogP contribution in [0.5, 0.6) is 0 Å². The molecule has 0 amide bonds. The van der Waals surface area contributed by atoms with Crippen LogP contribution >= 0.6 is 0 Å². The Morgan fingerprint density at radius 3 is 1.67 bits per heavy atom. The van der Waals surface area contributed by atoms with E-state index in [1.54, 1.807) is 0 Å². The van der Waals surface area contributed by atoms with E-state index in [9.17, 15) is 0 Å². The molecule has 0 aromatic heterocycles. The van der Waals surface area contributed by atoms with Gasteiger partial charge in [0.2, 0.25) is 0 Å². The molecular formula is C10H22O2. The maximum atomic E-state index is 9.05. The summed E-state index contributed by atoms with van der Waals surface area (Å²) in [5, 5.41) is 18.1. The summed E-state index contributed by atoms with van der Waals surface area (Å²) < 4.78 is 0. The van der Waals surface area contributed by atoms with Crippen LogP contribution in [0.1, 0.15) is 40.5 Å². The lowest BCUT2D eigenvalue weighted by Gasteiger charge is -2.23. The number of hydrogen-bond donors (Lipinski definition) is 2. The minimum Gasteiger partial charge on any atom is -0.368 e. The molecule has 0 unspecified atom stereocenters. The van der Waals surface area contributed by atoms with Crippen LogP contribution in [0.3, 0.4) is 0 Å². The summed E-state index contributed by atoms with van der Waals surface area (Å²) >= 11 is 0. The average Bonchev–Trinajstić information content (AvgIpc) is 1.84. The van der Waals surface area contributed by atoms with E-state index >= 15 is 0 Å². The second-order valence-electron chi connectivity index (χ2n) is 4.29. The first-order valence-corrected chi connectivity index (χ1v) is 4.81. The zero-order valence-corrected chi connectivity index (χ0v) is 8.62. The topological polar surface area (TPSA) is 40.5 Å². The second kappa shape index (κ2) is 5.55. The highest BCUT2D eigenvalue weighted by Crippen LogP contribution is 2.22. The van der Waals surface area contributed by atoms with Gasteiger partial charge in [0.25, 0.3) is 0 Å². The average molecular weight is 174 g/mol. The molecule has 1 atom stereocenters. The summed E-state index contributed by atoms with van der Waals surface area (Å²) in [6.45, 7) is 8.37. The fourth-order valence-electron chi connectivity index (χ4n) is 1.35. The van der Waals surface area contributed by atoms with Crippen molar-refractivity contribution >= 4 is 0 Å². The van der Waals surface area contributed by atoms with Gasteiger partial charge in [-0.2, -0.15) is 0 Å². The molecule has 0 aliphatic carbocycles. The number of aliphatic hydroxyl groups excluding tert-OH is 1. The van der Waals surface area contributed by atoms with Gasteiger partial charge in [-0.05, 0) is 18.3 Å². The molecule has 2 nitrogen and oxygen atoms in total. The van der Waals surface area contributed by atoms with Gasteiger partial charge in [-0.15, -0.1) is 0 Å². The molecule has 0 bridgehead atoms. The Hall–Kier alpha value is -0.0800. The number of aliphatic hydroxyl groups is 2. The van der Waals surface area contributed by atoms with E-state index in [0.717, 1.165) is 12.8 Å². The van der Waals surface area contributed by atoms with Gasteiger partial charge in [-0.3, -0.25) is 0 Å². The predicted octanol–water partition coefficient (Wildman–Crippen LogP) is 2.01. The Labute approximate surface area is 75.6 Å². The highest BCUT2D eigenvalue weighted by Gasteiger charge is 2.20. The van der Waals surface area contributed by atoms with Crippen LogP contribution in [0.25, 0.3) is 0 Å². The minimum absolute atomic E-state index is 0.0346. The molecule has 0 aliphatic rings. The second-order valence-corrected chi connectivity index (χ2v) is 4.29.